The molecule has 3 N–H and O–H groups in total. The molecular weight excluding hydrogens is 317 g/mol. The first-order valence-corrected chi connectivity index (χ1v) is 6.44. The molecule has 0 aliphatic heterocycles. The zero-order valence-corrected chi connectivity index (χ0v) is 11.9. The van der Waals surface area contributed by atoms with E-state index in [9.17, 15) is 9.59 Å². The zero-order chi connectivity index (χ0) is 15.4. The van der Waals surface area contributed by atoms with Crippen LogP contribution in [0.1, 0.15) is 16.1 Å². The van der Waals surface area contributed by atoms with Gasteiger partial charge in [0.05, 0.1) is 0 Å². The molecule has 0 radical (unpaired) electrons. The Labute approximate surface area is 129 Å². The summed E-state index contributed by atoms with van der Waals surface area (Å²) in [6, 6.07) is 6.08. The van der Waals surface area contributed by atoms with Gasteiger partial charge < -0.3 is 10.4 Å². The van der Waals surface area contributed by atoms with E-state index in [-0.39, 0.29) is 11.5 Å². The second-order valence-electron chi connectivity index (χ2n) is 3.96. The first-order valence-electron chi connectivity index (χ1n) is 5.68. The maximum absolute atomic E-state index is 11.7. The van der Waals surface area contributed by atoms with E-state index in [1.165, 1.54) is 18.2 Å². The number of benzene rings is 1. The maximum Gasteiger partial charge on any atom is 0.353 e. The molecule has 1 amide bonds. The van der Waals surface area contributed by atoms with Crippen LogP contribution in [0.4, 0.5) is 5.82 Å². The van der Waals surface area contributed by atoms with Crippen LogP contribution < -0.4 is 5.32 Å². The minimum Gasteiger partial charge on any atom is -0.477 e. The first-order chi connectivity index (χ1) is 9.95. The molecule has 0 atom stereocenters. The number of nitrogens with one attached hydrogen (secondary N) is 2. The lowest BCUT2D eigenvalue weighted by Gasteiger charge is -1.99. The highest BCUT2D eigenvalue weighted by molar-refractivity contribution is 6.34. The number of carboxylic acid groups (broad SMARTS) is 1. The summed E-state index contributed by atoms with van der Waals surface area (Å²) < 4.78 is 0. The van der Waals surface area contributed by atoms with Gasteiger partial charge in [0.15, 0.2) is 5.82 Å². The molecule has 8 heteroatoms. The van der Waals surface area contributed by atoms with Crippen molar-refractivity contribution in [2.24, 2.45) is 0 Å². The fraction of sp³-hybridized carbons (Fsp3) is 0. The summed E-state index contributed by atoms with van der Waals surface area (Å²) in [5.74, 6) is -1.53. The smallest absolute Gasteiger partial charge is 0.353 e. The van der Waals surface area contributed by atoms with Crippen molar-refractivity contribution in [3.8, 4) is 0 Å². The van der Waals surface area contributed by atoms with E-state index >= 15 is 0 Å². The summed E-state index contributed by atoms with van der Waals surface area (Å²) in [7, 11) is 0. The third kappa shape index (κ3) is 4.08. The van der Waals surface area contributed by atoms with Gasteiger partial charge in [0.2, 0.25) is 5.91 Å². The van der Waals surface area contributed by atoms with E-state index in [0.717, 1.165) is 0 Å². The number of aromatic nitrogens is 2. The molecule has 0 unspecified atom stereocenters. The maximum atomic E-state index is 11.7. The van der Waals surface area contributed by atoms with Gasteiger partial charge in [-0.2, -0.15) is 5.10 Å². The van der Waals surface area contributed by atoms with Gasteiger partial charge in [-0.3, -0.25) is 9.89 Å². The lowest BCUT2D eigenvalue weighted by molar-refractivity contribution is -0.111. The molecule has 0 saturated carbocycles. The van der Waals surface area contributed by atoms with Crippen LogP contribution >= 0.6 is 23.2 Å². The van der Waals surface area contributed by atoms with Crippen LogP contribution in [-0.4, -0.2) is 27.2 Å². The van der Waals surface area contributed by atoms with Gasteiger partial charge in [0.25, 0.3) is 0 Å². The highest BCUT2D eigenvalue weighted by atomic mass is 35.5. The molecule has 21 heavy (non-hydrogen) atoms. The van der Waals surface area contributed by atoms with Crippen LogP contribution in [0, 0.1) is 0 Å². The van der Waals surface area contributed by atoms with Crippen molar-refractivity contribution in [1.82, 2.24) is 10.2 Å². The van der Waals surface area contributed by atoms with Crippen LogP contribution in [0.5, 0.6) is 0 Å². The van der Waals surface area contributed by atoms with Gasteiger partial charge in [0.1, 0.15) is 5.69 Å². The van der Waals surface area contributed by atoms with Crippen LogP contribution in [0.25, 0.3) is 6.08 Å². The summed E-state index contributed by atoms with van der Waals surface area (Å²) in [5.41, 5.74) is 0.472. The van der Waals surface area contributed by atoms with Crippen molar-refractivity contribution >= 4 is 47.0 Å². The quantitative estimate of drug-likeness (QED) is 0.753. The van der Waals surface area contributed by atoms with Gasteiger partial charge in [-0.15, -0.1) is 0 Å². The molecule has 0 spiro atoms. The Bertz CT molecular complexity index is 725. The second-order valence-corrected chi connectivity index (χ2v) is 4.80. The summed E-state index contributed by atoms with van der Waals surface area (Å²) in [6.07, 6.45) is 2.74. The van der Waals surface area contributed by atoms with Crippen LogP contribution in [0.15, 0.2) is 30.3 Å². The number of rotatable bonds is 4. The van der Waals surface area contributed by atoms with Crippen molar-refractivity contribution in [2.75, 3.05) is 5.32 Å². The fourth-order valence-corrected chi connectivity index (χ4v) is 1.83. The summed E-state index contributed by atoms with van der Waals surface area (Å²) >= 11 is 11.8. The number of halogens is 2. The van der Waals surface area contributed by atoms with E-state index in [2.05, 4.69) is 15.5 Å². The molecule has 2 rings (SSSR count). The minimum absolute atomic E-state index is 0.110. The van der Waals surface area contributed by atoms with E-state index in [4.69, 9.17) is 28.3 Å². The van der Waals surface area contributed by atoms with Crippen molar-refractivity contribution in [3.05, 3.63) is 51.6 Å². The van der Waals surface area contributed by atoms with Gasteiger partial charge in [-0.1, -0.05) is 23.2 Å². The molecule has 2 aromatic rings. The third-order valence-electron chi connectivity index (χ3n) is 2.43. The lowest BCUT2D eigenvalue weighted by atomic mass is 10.2. The number of nitrogens with zero attached hydrogens (tertiary/aromatic N) is 1. The van der Waals surface area contributed by atoms with Gasteiger partial charge >= 0.3 is 5.97 Å². The number of anilines is 1. The van der Waals surface area contributed by atoms with Crippen molar-refractivity contribution in [2.45, 2.75) is 0 Å². The zero-order valence-electron chi connectivity index (χ0n) is 10.4. The van der Waals surface area contributed by atoms with E-state index in [1.807, 2.05) is 0 Å². The predicted molar refractivity (Wildman–Crippen MR) is 79.7 cm³/mol. The standard InChI is InChI=1S/C13H9Cl2N3O3/c14-8-2-3-9(15)7(5-8)1-4-12(19)16-11-6-10(13(20)21)17-18-11/h1-6H,(H,20,21)(H2,16,17,18,19). The number of H-pyrrole nitrogens is 1. The monoisotopic (exact) mass is 325 g/mol. The number of carbonyl (C=O) groups excluding carboxylic acids is 1. The molecule has 0 bridgehead atoms. The molecule has 0 aliphatic rings. The van der Waals surface area contributed by atoms with Gasteiger partial charge in [0, 0.05) is 22.2 Å². The highest BCUT2D eigenvalue weighted by Gasteiger charge is 2.08. The Morgan fingerprint density at radius 1 is 1.29 bits per heavy atom. The van der Waals surface area contributed by atoms with Crippen molar-refractivity contribution in [1.29, 1.82) is 0 Å². The average molecular weight is 326 g/mol. The number of aromatic carboxylic acids is 1. The Morgan fingerprint density at radius 2 is 2.05 bits per heavy atom. The predicted octanol–water partition coefficient (Wildman–Crippen LogP) is 3.07. The van der Waals surface area contributed by atoms with E-state index in [0.29, 0.717) is 15.6 Å². The molecule has 1 aromatic heterocycles. The number of carbonyl (C=O) groups is 2. The molecule has 6 nitrogen and oxygen atoms in total. The third-order valence-corrected chi connectivity index (χ3v) is 3.01. The molecule has 0 fully saturated rings. The second kappa shape index (κ2) is 6.43. The first kappa shape index (κ1) is 15.1. The normalized spacial score (nSPS) is 10.8. The molecule has 1 heterocycles. The highest BCUT2D eigenvalue weighted by Crippen LogP contribution is 2.21. The summed E-state index contributed by atoms with van der Waals surface area (Å²) in [4.78, 5) is 22.3. The van der Waals surface area contributed by atoms with Gasteiger partial charge in [-0.25, -0.2) is 4.79 Å². The lowest BCUT2D eigenvalue weighted by Crippen LogP contribution is -2.07. The Morgan fingerprint density at radius 3 is 2.71 bits per heavy atom. The van der Waals surface area contributed by atoms with Gasteiger partial charge in [-0.05, 0) is 29.8 Å². The Balaban J connectivity index is 2.05. The molecule has 0 aliphatic carbocycles. The largest absolute Gasteiger partial charge is 0.477 e. The molecule has 108 valence electrons. The summed E-state index contributed by atoms with van der Waals surface area (Å²) in [6.45, 7) is 0. The SMILES string of the molecule is O=C(C=Cc1cc(Cl)ccc1Cl)Nc1cc(C(=O)O)[nH]n1. The number of hydrogen-bond acceptors (Lipinski definition) is 3. The number of carboxylic acids is 1. The number of aromatic amines is 1. The molecule has 0 saturated heterocycles. The van der Waals surface area contributed by atoms with Crippen LogP contribution in [0.3, 0.4) is 0 Å². The topological polar surface area (TPSA) is 95.1 Å². The summed E-state index contributed by atoms with van der Waals surface area (Å²) in [5, 5.41) is 18.0. The van der Waals surface area contributed by atoms with Crippen LogP contribution in [-0.2, 0) is 4.79 Å². The Kier molecular flexibility index (Phi) is 4.62. The van der Waals surface area contributed by atoms with E-state index in [1.54, 1.807) is 18.2 Å². The Hall–Kier alpha value is -2.31. The minimum atomic E-state index is -1.16. The van der Waals surface area contributed by atoms with Crippen molar-refractivity contribution in [3.63, 3.8) is 0 Å². The number of amides is 1. The van der Waals surface area contributed by atoms with Crippen molar-refractivity contribution < 1.29 is 14.7 Å². The van der Waals surface area contributed by atoms with E-state index < -0.39 is 11.9 Å². The molecular formula is C13H9Cl2N3O3. The number of hydrogen-bond donors (Lipinski definition) is 3. The average Bonchev–Trinajstić information content (AvgIpc) is 2.88. The fourth-order valence-electron chi connectivity index (χ4n) is 1.47. The molecule has 1 aromatic carbocycles. The van der Waals surface area contributed by atoms with Crippen LogP contribution in [0.2, 0.25) is 10.0 Å².